The van der Waals surface area contributed by atoms with E-state index in [0.29, 0.717) is 36.3 Å². The topological polar surface area (TPSA) is 225 Å². The molecule has 1 aliphatic carbocycles. The highest BCUT2D eigenvalue weighted by atomic mass is 32.2. The fraction of sp³-hybridized carbons (Fsp3) is 0.302. The summed E-state index contributed by atoms with van der Waals surface area (Å²) in [6, 6.07) is 21.4. The SMILES string of the molecule is O=C(Nc1ccnnc1)Oc1ccccc1.O=Cc1ccccc1S(=O)(=O)C(F)(F)C1CCCCC1.O=Cc1ccccc1S(=O)(=O)C(F)(F)C1CCN(C(=O)Nc2ccnnc2)CC1. The molecule has 1 saturated carbocycles. The van der Waals surface area contributed by atoms with E-state index in [1.165, 1.54) is 72.2 Å². The third kappa shape index (κ3) is 12.3. The molecule has 3 amide bonds. The number of hydrogen-bond donors (Lipinski definition) is 2. The first-order valence-corrected chi connectivity index (χ1v) is 23.0. The van der Waals surface area contributed by atoms with Crippen molar-refractivity contribution in [1.29, 1.82) is 0 Å². The largest absolute Gasteiger partial charge is 0.417 e. The maximum Gasteiger partial charge on any atom is 0.417 e. The predicted molar refractivity (Wildman–Crippen MR) is 228 cm³/mol. The predicted octanol–water partition coefficient (Wildman–Crippen LogP) is 8.13. The van der Waals surface area contributed by atoms with Crippen LogP contribution in [0.15, 0.2) is 126 Å². The number of ether oxygens (including phenoxy) is 1. The number of anilines is 2. The number of carbonyl (C=O) groups is 4. The van der Waals surface area contributed by atoms with Crippen molar-refractivity contribution in [3.63, 3.8) is 0 Å². The summed E-state index contributed by atoms with van der Waals surface area (Å²) >= 11 is 0. The second kappa shape index (κ2) is 22.3. The van der Waals surface area contributed by atoms with Gasteiger partial charge in [-0.3, -0.25) is 14.9 Å². The molecular formula is C43H43F4N7O9S2. The highest BCUT2D eigenvalue weighted by Gasteiger charge is 2.54. The molecule has 16 nitrogen and oxygen atoms in total. The zero-order chi connectivity index (χ0) is 47.1. The molecule has 7 rings (SSSR count). The normalized spacial score (nSPS) is 14.9. The van der Waals surface area contributed by atoms with Gasteiger partial charge in [0.1, 0.15) is 5.75 Å². The lowest BCUT2D eigenvalue weighted by molar-refractivity contribution is 0.000402. The van der Waals surface area contributed by atoms with Gasteiger partial charge in [-0.05, 0) is 62.1 Å². The van der Waals surface area contributed by atoms with E-state index in [1.54, 1.807) is 30.3 Å². The number of halogens is 4. The molecule has 2 fully saturated rings. The van der Waals surface area contributed by atoms with Gasteiger partial charge in [-0.15, -0.1) is 0 Å². The summed E-state index contributed by atoms with van der Waals surface area (Å²) in [5.74, 6) is -2.15. The second-order valence-corrected chi connectivity index (χ2v) is 18.5. The number of sulfone groups is 2. The van der Waals surface area contributed by atoms with Gasteiger partial charge in [-0.1, -0.05) is 73.9 Å². The van der Waals surface area contributed by atoms with E-state index < -0.39 is 63.9 Å². The Kier molecular flexibility index (Phi) is 16.9. The number of urea groups is 1. The summed E-state index contributed by atoms with van der Waals surface area (Å²) in [4.78, 5) is 45.7. The van der Waals surface area contributed by atoms with Crippen LogP contribution in [0.1, 0.15) is 65.7 Å². The van der Waals surface area contributed by atoms with Crippen LogP contribution >= 0.6 is 0 Å². The molecule has 0 radical (unpaired) electrons. The van der Waals surface area contributed by atoms with Gasteiger partial charge in [0.05, 0.1) is 46.0 Å². The smallest absolute Gasteiger partial charge is 0.410 e. The number of alkyl halides is 4. The van der Waals surface area contributed by atoms with Gasteiger partial charge in [0.2, 0.25) is 19.7 Å². The minimum absolute atomic E-state index is 0.0323. The summed E-state index contributed by atoms with van der Waals surface area (Å²) in [6.45, 7) is -0.0646. The van der Waals surface area contributed by atoms with E-state index >= 15 is 0 Å². The minimum atomic E-state index is -5.07. The van der Waals surface area contributed by atoms with Gasteiger partial charge in [-0.2, -0.15) is 38.0 Å². The van der Waals surface area contributed by atoms with E-state index in [-0.39, 0.29) is 56.2 Å². The Hall–Kier alpha value is -6.68. The van der Waals surface area contributed by atoms with Gasteiger partial charge in [0.25, 0.3) is 0 Å². The molecule has 2 aliphatic rings. The lowest BCUT2D eigenvalue weighted by Crippen LogP contribution is -2.47. The van der Waals surface area contributed by atoms with Gasteiger partial charge in [-0.25, -0.2) is 26.4 Å². The molecular weight excluding hydrogens is 899 g/mol. The molecule has 0 bridgehead atoms. The molecule has 1 saturated heterocycles. The summed E-state index contributed by atoms with van der Waals surface area (Å²) in [5.41, 5.74) is 0.416. The van der Waals surface area contributed by atoms with Gasteiger partial charge in [0.15, 0.2) is 12.6 Å². The number of nitrogens with one attached hydrogen (secondary N) is 2. The van der Waals surface area contributed by atoms with E-state index in [9.17, 15) is 53.6 Å². The number of rotatable bonds is 11. The van der Waals surface area contributed by atoms with Crippen molar-refractivity contribution in [3.05, 3.63) is 127 Å². The minimum Gasteiger partial charge on any atom is -0.410 e. The Morgan fingerprint density at radius 3 is 1.51 bits per heavy atom. The Labute approximate surface area is 371 Å². The van der Waals surface area contributed by atoms with Crippen molar-refractivity contribution in [2.45, 2.75) is 65.2 Å². The summed E-state index contributed by atoms with van der Waals surface area (Å²) in [5, 5.41) is 11.6. The molecule has 3 heterocycles. The Morgan fingerprint density at radius 2 is 1.05 bits per heavy atom. The van der Waals surface area contributed by atoms with Crippen LogP contribution in [0.3, 0.4) is 0 Å². The third-order valence-electron chi connectivity index (χ3n) is 10.3. The molecule has 2 N–H and O–H groups in total. The van der Waals surface area contributed by atoms with Crippen LogP contribution in [0.25, 0.3) is 0 Å². The Morgan fingerprint density at radius 1 is 0.600 bits per heavy atom. The van der Waals surface area contributed by atoms with Crippen LogP contribution < -0.4 is 15.4 Å². The average Bonchev–Trinajstić information content (AvgIpc) is 3.33. The first-order chi connectivity index (χ1) is 31.0. The van der Waals surface area contributed by atoms with E-state index in [2.05, 4.69) is 31.0 Å². The third-order valence-corrected chi connectivity index (χ3v) is 14.3. The first kappa shape index (κ1) is 49.3. The first-order valence-electron chi connectivity index (χ1n) is 20.0. The van der Waals surface area contributed by atoms with Crippen LogP contribution in [0.2, 0.25) is 0 Å². The fourth-order valence-electron chi connectivity index (χ4n) is 6.91. The number of carbonyl (C=O) groups excluding carboxylic acids is 4. The van der Waals surface area contributed by atoms with Crippen molar-refractivity contribution in [1.82, 2.24) is 25.3 Å². The molecule has 2 aromatic heterocycles. The number of aldehydes is 2. The zero-order valence-electron chi connectivity index (χ0n) is 34.4. The van der Waals surface area contributed by atoms with Crippen molar-refractivity contribution in [2.24, 2.45) is 11.8 Å². The van der Waals surface area contributed by atoms with Crippen LogP contribution in [-0.4, -0.2) is 90.4 Å². The molecule has 1 aliphatic heterocycles. The number of hydrogen-bond acceptors (Lipinski definition) is 13. The summed E-state index contributed by atoms with van der Waals surface area (Å²) in [6.07, 6.45) is 7.74. The standard InChI is InChI=1S/C18H18F2N4O4S.C14H16F2O3S.C11H9N3O2/c19-18(20,29(27,28)16-4-2-1-3-13(16)12-25)14-6-9-24(10-7-14)17(26)23-15-5-8-21-22-11-15;15-14(16,12-7-2-1-3-8-12)20(18,19)13-9-5-4-6-11(13)10-17;15-11(14-9-6-7-12-13-8-9)16-10-4-2-1-3-5-10/h1-5,8,11-12,14H,6-7,9-10H2,(H,21,23,26);4-6,9-10,12H,1-3,7-8H2;1-8H,(H,12,14,15). The van der Waals surface area contributed by atoms with Crippen molar-refractivity contribution < 1.29 is 58.3 Å². The molecule has 5 aromatic rings. The van der Waals surface area contributed by atoms with E-state index in [1.807, 2.05) is 6.07 Å². The van der Waals surface area contributed by atoms with Gasteiger partial charge >= 0.3 is 22.6 Å². The zero-order valence-corrected chi connectivity index (χ0v) is 36.0. The summed E-state index contributed by atoms with van der Waals surface area (Å²) < 4.78 is 113. The molecule has 0 unspecified atom stereocenters. The Bertz CT molecular complexity index is 2560. The quantitative estimate of drug-likeness (QED) is 0.0944. The van der Waals surface area contributed by atoms with Gasteiger partial charge < -0.3 is 15.0 Å². The molecule has 22 heteroatoms. The van der Waals surface area contributed by atoms with Crippen molar-refractivity contribution >= 4 is 55.7 Å². The highest BCUT2D eigenvalue weighted by Crippen LogP contribution is 2.44. The lowest BCUT2D eigenvalue weighted by atomic mass is 9.89. The number of aromatic nitrogens is 4. The second-order valence-electron chi connectivity index (χ2n) is 14.6. The van der Waals surface area contributed by atoms with E-state index in [4.69, 9.17) is 4.74 Å². The van der Waals surface area contributed by atoms with E-state index in [0.717, 1.165) is 18.6 Å². The van der Waals surface area contributed by atoms with Crippen LogP contribution in [0.4, 0.5) is 38.5 Å². The van der Waals surface area contributed by atoms with Gasteiger partial charge in [0, 0.05) is 36.1 Å². The molecule has 0 atom stereocenters. The van der Waals surface area contributed by atoms with Crippen molar-refractivity contribution in [2.75, 3.05) is 23.7 Å². The number of para-hydroxylation sites is 1. The number of benzene rings is 3. The molecule has 0 spiro atoms. The molecule has 3 aromatic carbocycles. The van der Waals surface area contributed by atoms with Crippen LogP contribution in [0, 0.1) is 11.8 Å². The Balaban J connectivity index is 0.000000193. The average molecular weight is 942 g/mol. The number of amides is 3. The van der Waals surface area contributed by atoms with Crippen LogP contribution in [0.5, 0.6) is 5.75 Å². The van der Waals surface area contributed by atoms with Crippen molar-refractivity contribution in [3.8, 4) is 5.75 Å². The maximum atomic E-state index is 14.9. The monoisotopic (exact) mass is 941 g/mol. The maximum absolute atomic E-state index is 14.9. The molecule has 65 heavy (non-hydrogen) atoms. The van der Waals surface area contributed by atoms with Crippen LogP contribution in [-0.2, 0) is 19.7 Å². The fourth-order valence-corrected chi connectivity index (χ4v) is 10.2. The lowest BCUT2D eigenvalue weighted by Gasteiger charge is -2.35. The number of nitrogens with zero attached hydrogens (tertiary/aromatic N) is 5. The highest BCUT2D eigenvalue weighted by molar-refractivity contribution is 7.92. The molecule has 344 valence electrons. The number of likely N-dealkylation sites (tertiary alicyclic amines) is 1. The summed E-state index contributed by atoms with van der Waals surface area (Å²) in [7, 11) is -9.91. The number of piperidine rings is 1.